The van der Waals surface area contributed by atoms with E-state index >= 15 is 0 Å². The molecule has 2 aromatic rings. The largest absolute Gasteiger partial charge is 0.497 e. The molecule has 2 aliphatic heterocycles. The molecular weight excluding hydrogens is 412 g/mol. The summed E-state index contributed by atoms with van der Waals surface area (Å²) in [5, 5.41) is 0. The van der Waals surface area contributed by atoms with Gasteiger partial charge in [-0.2, -0.15) is 0 Å². The van der Waals surface area contributed by atoms with Gasteiger partial charge in [0.1, 0.15) is 19.0 Å². The van der Waals surface area contributed by atoms with Crippen molar-refractivity contribution in [3.63, 3.8) is 0 Å². The van der Waals surface area contributed by atoms with Gasteiger partial charge in [0.25, 0.3) is 5.91 Å². The number of rotatable bonds is 5. The van der Waals surface area contributed by atoms with Gasteiger partial charge in [-0.3, -0.25) is 9.59 Å². The van der Waals surface area contributed by atoms with Crippen LogP contribution in [-0.4, -0.2) is 75.2 Å². The summed E-state index contributed by atoms with van der Waals surface area (Å²) < 4.78 is 21.8. The number of ether oxygens (including phenoxy) is 4. The van der Waals surface area contributed by atoms with E-state index in [2.05, 4.69) is 0 Å². The van der Waals surface area contributed by atoms with Crippen LogP contribution in [0.3, 0.4) is 0 Å². The Kier molecular flexibility index (Phi) is 6.49. The first-order valence-corrected chi connectivity index (χ1v) is 10.5. The topological polar surface area (TPSA) is 77.5 Å². The fourth-order valence-corrected chi connectivity index (χ4v) is 3.73. The summed E-state index contributed by atoms with van der Waals surface area (Å²) in [6.45, 7) is 2.86. The predicted octanol–water partition coefficient (Wildman–Crippen LogP) is 2.47. The third-order valence-electron chi connectivity index (χ3n) is 5.46. The number of carbonyl (C=O) groups excluding carboxylic acids is 2. The predicted molar refractivity (Wildman–Crippen MR) is 118 cm³/mol. The maximum atomic E-state index is 12.8. The number of carbonyl (C=O) groups is 2. The second-order valence-corrected chi connectivity index (χ2v) is 7.43. The van der Waals surface area contributed by atoms with Gasteiger partial charge in [-0.1, -0.05) is 6.07 Å². The quantitative estimate of drug-likeness (QED) is 0.668. The summed E-state index contributed by atoms with van der Waals surface area (Å²) in [6, 6.07) is 10.7. The lowest BCUT2D eigenvalue weighted by molar-refractivity contribution is -0.127. The second-order valence-electron chi connectivity index (χ2n) is 7.43. The van der Waals surface area contributed by atoms with Crippen LogP contribution in [0.15, 0.2) is 42.5 Å². The molecule has 1 saturated heterocycles. The number of hydrogen-bond donors (Lipinski definition) is 0. The van der Waals surface area contributed by atoms with Gasteiger partial charge in [-0.05, 0) is 42.0 Å². The minimum atomic E-state index is -0.104. The van der Waals surface area contributed by atoms with Crippen molar-refractivity contribution in [2.24, 2.45) is 0 Å². The first kappa shape index (κ1) is 21.5. The summed E-state index contributed by atoms with van der Waals surface area (Å²) in [6.07, 6.45) is 3.27. The Bertz CT molecular complexity index is 1010. The molecule has 4 rings (SSSR count). The minimum Gasteiger partial charge on any atom is -0.497 e. The number of piperazine rings is 1. The third-order valence-corrected chi connectivity index (χ3v) is 5.46. The highest BCUT2D eigenvalue weighted by atomic mass is 16.6. The fraction of sp³-hybridized carbons (Fsp3) is 0.333. The monoisotopic (exact) mass is 438 g/mol. The molecule has 2 heterocycles. The van der Waals surface area contributed by atoms with Crippen LogP contribution in [-0.2, 0) is 4.79 Å². The minimum absolute atomic E-state index is 0.0603. The first-order chi connectivity index (χ1) is 15.6. The van der Waals surface area contributed by atoms with Crippen LogP contribution >= 0.6 is 0 Å². The molecule has 1 fully saturated rings. The zero-order valence-electron chi connectivity index (χ0n) is 18.2. The maximum Gasteiger partial charge on any atom is 0.254 e. The fourth-order valence-electron chi connectivity index (χ4n) is 3.73. The van der Waals surface area contributed by atoms with E-state index < -0.39 is 0 Å². The van der Waals surface area contributed by atoms with Gasteiger partial charge in [-0.15, -0.1) is 0 Å². The highest BCUT2D eigenvalue weighted by molar-refractivity contribution is 5.95. The van der Waals surface area contributed by atoms with Crippen LogP contribution in [0.2, 0.25) is 0 Å². The number of fused-ring (bicyclic) bond motifs is 1. The summed E-state index contributed by atoms with van der Waals surface area (Å²) in [5.41, 5.74) is 1.36. The van der Waals surface area contributed by atoms with Gasteiger partial charge in [0.05, 0.1) is 14.2 Å². The Morgan fingerprint density at radius 2 is 1.69 bits per heavy atom. The molecule has 2 aliphatic rings. The molecule has 168 valence electrons. The van der Waals surface area contributed by atoms with Crippen molar-refractivity contribution in [2.45, 2.75) is 0 Å². The van der Waals surface area contributed by atoms with Crippen molar-refractivity contribution in [2.75, 3.05) is 53.6 Å². The van der Waals surface area contributed by atoms with E-state index in [9.17, 15) is 9.59 Å². The van der Waals surface area contributed by atoms with Crippen LogP contribution < -0.4 is 18.9 Å². The standard InChI is InChI=1S/C24H26N2O6/c1-29-19-5-3-4-18(16-19)24(28)26-10-8-25(9-11-26)22(27)7-6-17-14-20(30-2)23-21(15-17)31-12-13-32-23/h3-7,14-16H,8-13H2,1-2H3/b7-6+. The van der Waals surface area contributed by atoms with Crippen LogP contribution in [0.25, 0.3) is 6.08 Å². The normalized spacial score (nSPS) is 15.6. The van der Waals surface area contributed by atoms with Crippen molar-refractivity contribution < 1.29 is 28.5 Å². The lowest BCUT2D eigenvalue weighted by Crippen LogP contribution is -2.50. The molecule has 32 heavy (non-hydrogen) atoms. The van der Waals surface area contributed by atoms with E-state index in [1.165, 1.54) is 6.08 Å². The second kappa shape index (κ2) is 9.64. The van der Waals surface area contributed by atoms with E-state index in [-0.39, 0.29) is 11.8 Å². The molecule has 0 radical (unpaired) electrons. The van der Waals surface area contributed by atoms with Gasteiger partial charge >= 0.3 is 0 Å². The number of amides is 2. The molecule has 0 saturated carbocycles. The molecule has 0 spiro atoms. The highest BCUT2D eigenvalue weighted by Crippen LogP contribution is 2.40. The number of benzene rings is 2. The summed E-state index contributed by atoms with van der Waals surface area (Å²) in [5.74, 6) is 2.23. The Morgan fingerprint density at radius 3 is 2.44 bits per heavy atom. The number of nitrogens with zero attached hydrogens (tertiary/aromatic N) is 2. The van der Waals surface area contributed by atoms with E-state index in [0.29, 0.717) is 68.0 Å². The zero-order chi connectivity index (χ0) is 22.5. The number of hydrogen-bond acceptors (Lipinski definition) is 6. The van der Waals surface area contributed by atoms with Crippen LogP contribution in [0.1, 0.15) is 15.9 Å². The average molecular weight is 438 g/mol. The zero-order valence-corrected chi connectivity index (χ0v) is 18.2. The Hall–Kier alpha value is -3.68. The molecular formula is C24H26N2O6. The van der Waals surface area contributed by atoms with E-state index in [1.807, 2.05) is 12.1 Å². The van der Waals surface area contributed by atoms with Crippen molar-refractivity contribution in [1.29, 1.82) is 0 Å². The lowest BCUT2D eigenvalue weighted by atomic mass is 10.1. The summed E-state index contributed by atoms with van der Waals surface area (Å²) in [4.78, 5) is 28.9. The number of methoxy groups -OCH3 is 2. The smallest absolute Gasteiger partial charge is 0.254 e. The molecule has 0 bridgehead atoms. The molecule has 2 aromatic carbocycles. The average Bonchev–Trinajstić information content (AvgIpc) is 2.86. The molecule has 0 atom stereocenters. The first-order valence-electron chi connectivity index (χ1n) is 10.5. The van der Waals surface area contributed by atoms with E-state index in [4.69, 9.17) is 18.9 Å². The molecule has 8 heteroatoms. The van der Waals surface area contributed by atoms with Crippen molar-refractivity contribution in [3.8, 4) is 23.0 Å². The van der Waals surface area contributed by atoms with Gasteiger partial charge in [-0.25, -0.2) is 0 Å². The van der Waals surface area contributed by atoms with Gasteiger partial charge < -0.3 is 28.7 Å². The molecule has 0 aromatic heterocycles. The molecule has 0 unspecified atom stereocenters. The Morgan fingerprint density at radius 1 is 0.938 bits per heavy atom. The van der Waals surface area contributed by atoms with Gasteiger partial charge in [0, 0.05) is 37.8 Å². The summed E-state index contributed by atoms with van der Waals surface area (Å²) >= 11 is 0. The van der Waals surface area contributed by atoms with E-state index in [1.54, 1.807) is 54.4 Å². The lowest BCUT2D eigenvalue weighted by Gasteiger charge is -2.34. The highest BCUT2D eigenvalue weighted by Gasteiger charge is 2.24. The van der Waals surface area contributed by atoms with Crippen molar-refractivity contribution >= 4 is 17.9 Å². The Labute approximate surface area is 186 Å². The van der Waals surface area contributed by atoms with Crippen LogP contribution in [0.5, 0.6) is 23.0 Å². The van der Waals surface area contributed by atoms with Crippen LogP contribution in [0.4, 0.5) is 0 Å². The van der Waals surface area contributed by atoms with Crippen molar-refractivity contribution in [1.82, 2.24) is 9.80 Å². The van der Waals surface area contributed by atoms with Gasteiger partial charge in [0.2, 0.25) is 11.7 Å². The molecule has 0 aliphatic carbocycles. The molecule has 8 nitrogen and oxygen atoms in total. The van der Waals surface area contributed by atoms with E-state index in [0.717, 1.165) is 5.56 Å². The SMILES string of the molecule is COc1cccc(C(=O)N2CCN(C(=O)/C=C/c3cc(OC)c4c(c3)OCCO4)CC2)c1. The van der Waals surface area contributed by atoms with Crippen LogP contribution in [0, 0.1) is 0 Å². The molecule has 2 amide bonds. The third kappa shape index (κ3) is 4.64. The van der Waals surface area contributed by atoms with Gasteiger partial charge in [0.15, 0.2) is 11.5 Å². The van der Waals surface area contributed by atoms with Crippen molar-refractivity contribution in [3.05, 3.63) is 53.6 Å². The Balaban J connectivity index is 1.36. The summed E-state index contributed by atoms with van der Waals surface area (Å²) in [7, 11) is 3.14. The maximum absolute atomic E-state index is 12.8. The molecule has 0 N–H and O–H groups in total.